The van der Waals surface area contributed by atoms with Gasteiger partial charge in [-0.25, -0.2) is 0 Å². The van der Waals surface area contributed by atoms with Crippen molar-refractivity contribution in [3.8, 4) is 0 Å². The summed E-state index contributed by atoms with van der Waals surface area (Å²) in [7, 11) is 0. The van der Waals surface area contributed by atoms with Gasteiger partial charge in [0, 0.05) is 18.9 Å². The van der Waals surface area contributed by atoms with Crippen LogP contribution in [0.4, 0.5) is 0 Å². The van der Waals surface area contributed by atoms with Crippen molar-refractivity contribution in [3.63, 3.8) is 0 Å². The lowest BCUT2D eigenvalue weighted by Crippen LogP contribution is -2.40. The Labute approximate surface area is 109 Å². The maximum Gasteiger partial charge on any atom is 0.225 e. The molecule has 2 atom stereocenters. The molecule has 4 nitrogen and oxygen atoms in total. The Bertz CT molecular complexity index is 325. The first-order valence-electron chi connectivity index (χ1n) is 7.25. The van der Waals surface area contributed by atoms with Crippen LogP contribution in [0, 0.1) is 11.8 Å². The third-order valence-corrected chi connectivity index (χ3v) is 4.61. The molecule has 4 heteroatoms. The summed E-state index contributed by atoms with van der Waals surface area (Å²) in [4.78, 5) is 14.5. The molecule has 0 N–H and O–H groups in total. The van der Waals surface area contributed by atoms with Crippen molar-refractivity contribution in [2.75, 3.05) is 26.3 Å². The Morgan fingerprint density at radius 3 is 2.78 bits per heavy atom. The van der Waals surface area contributed by atoms with Crippen LogP contribution in [0.3, 0.4) is 0 Å². The quantitative estimate of drug-likeness (QED) is 0.715. The molecule has 102 valence electrons. The molecular weight excluding hydrogens is 230 g/mol. The summed E-state index contributed by atoms with van der Waals surface area (Å²) in [5.74, 6) is 0.807. The molecule has 2 saturated heterocycles. The first kappa shape index (κ1) is 12.4. The molecular formula is C14H23NO3. The molecule has 2 aliphatic heterocycles. The number of carbonyl (C=O) groups is 1. The predicted molar refractivity (Wildman–Crippen MR) is 67.0 cm³/mol. The number of likely N-dealkylation sites (tertiary alicyclic amines) is 1. The molecule has 0 aromatic rings. The highest BCUT2D eigenvalue weighted by Gasteiger charge is 2.45. The van der Waals surface area contributed by atoms with E-state index in [4.69, 9.17) is 9.47 Å². The SMILES string of the molecule is CC1CCCC(C(=O)N2CCC3(C2)OCCO3)C1. The van der Waals surface area contributed by atoms with Crippen LogP contribution in [0.15, 0.2) is 0 Å². The summed E-state index contributed by atoms with van der Waals surface area (Å²) in [6.07, 6.45) is 5.43. The fourth-order valence-corrected chi connectivity index (χ4v) is 3.59. The van der Waals surface area contributed by atoms with E-state index < -0.39 is 5.79 Å². The van der Waals surface area contributed by atoms with Gasteiger partial charge in [0.1, 0.15) is 0 Å². The third-order valence-electron chi connectivity index (χ3n) is 4.61. The van der Waals surface area contributed by atoms with E-state index in [1.54, 1.807) is 0 Å². The zero-order valence-corrected chi connectivity index (χ0v) is 11.2. The minimum Gasteiger partial charge on any atom is -0.346 e. The second kappa shape index (κ2) is 4.82. The van der Waals surface area contributed by atoms with E-state index in [0.717, 1.165) is 25.8 Å². The van der Waals surface area contributed by atoms with Gasteiger partial charge in [-0.3, -0.25) is 4.79 Å². The lowest BCUT2D eigenvalue weighted by molar-refractivity contribution is -0.154. The van der Waals surface area contributed by atoms with Gasteiger partial charge in [0.05, 0.1) is 19.8 Å². The van der Waals surface area contributed by atoms with E-state index in [2.05, 4.69) is 6.92 Å². The summed E-state index contributed by atoms with van der Waals surface area (Å²) in [6.45, 7) is 5.03. The molecule has 3 aliphatic rings. The molecule has 1 spiro atoms. The van der Waals surface area contributed by atoms with Gasteiger partial charge in [-0.15, -0.1) is 0 Å². The van der Waals surface area contributed by atoms with Crippen molar-refractivity contribution < 1.29 is 14.3 Å². The van der Waals surface area contributed by atoms with Gasteiger partial charge in [0.15, 0.2) is 5.79 Å². The summed E-state index contributed by atoms with van der Waals surface area (Å²) in [5.41, 5.74) is 0. The molecule has 0 aromatic heterocycles. The predicted octanol–water partition coefficient (Wildman–Crippen LogP) is 1.79. The topological polar surface area (TPSA) is 38.8 Å². The Kier molecular flexibility index (Phi) is 3.32. The van der Waals surface area contributed by atoms with Crippen molar-refractivity contribution in [1.82, 2.24) is 4.90 Å². The fraction of sp³-hybridized carbons (Fsp3) is 0.929. The van der Waals surface area contributed by atoms with Gasteiger partial charge >= 0.3 is 0 Å². The maximum absolute atomic E-state index is 12.5. The van der Waals surface area contributed by atoms with Crippen LogP contribution in [-0.2, 0) is 14.3 Å². The molecule has 18 heavy (non-hydrogen) atoms. The van der Waals surface area contributed by atoms with Crippen molar-refractivity contribution in [3.05, 3.63) is 0 Å². The average Bonchev–Trinajstić information content (AvgIpc) is 3.00. The monoisotopic (exact) mass is 253 g/mol. The van der Waals surface area contributed by atoms with E-state index in [0.29, 0.717) is 31.6 Å². The van der Waals surface area contributed by atoms with Crippen LogP contribution in [0.25, 0.3) is 0 Å². The minimum atomic E-state index is -0.462. The standard InChI is InChI=1S/C14H23NO3/c1-11-3-2-4-12(9-11)13(16)15-6-5-14(10-15)17-7-8-18-14/h11-12H,2-10H2,1H3. The number of nitrogens with zero attached hydrogens (tertiary/aromatic N) is 1. The molecule has 1 aliphatic carbocycles. The zero-order valence-electron chi connectivity index (χ0n) is 11.2. The number of hydrogen-bond acceptors (Lipinski definition) is 3. The molecule has 2 heterocycles. The second-order valence-corrected chi connectivity index (χ2v) is 6.09. The highest BCUT2D eigenvalue weighted by Crippen LogP contribution is 2.34. The smallest absolute Gasteiger partial charge is 0.225 e. The summed E-state index contributed by atoms with van der Waals surface area (Å²) < 4.78 is 11.3. The van der Waals surface area contributed by atoms with Gasteiger partial charge in [-0.2, -0.15) is 0 Å². The Balaban J connectivity index is 1.60. The van der Waals surface area contributed by atoms with E-state index in [-0.39, 0.29) is 5.92 Å². The summed E-state index contributed by atoms with van der Waals surface area (Å²) in [5, 5.41) is 0. The summed E-state index contributed by atoms with van der Waals surface area (Å²) in [6, 6.07) is 0. The molecule has 1 amide bonds. The van der Waals surface area contributed by atoms with Crippen LogP contribution in [0.2, 0.25) is 0 Å². The van der Waals surface area contributed by atoms with Gasteiger partial charge in [0.25, 0.3) is 0 Å². The molecule has 2 unspecified atom stereocenters. The molecule has 0 radical (unpaired) electrons. The minimum absolute atomic E-state index is 0.241. The summed E-state index contributed by atoms with van der Waals surface area (Å²) >= 11 is 0. The second-order valence-electron chi connectivity index (χ2n) is 6.09. The van der Waals surface area contributed by atoms with E-state index >= 15 is 0 Å². The van der Waals surface area contributed by atoms with Crippen LogP contribution < -0.4 is 0 Å². The first-order chi connectivity index (χ1) is 8.69. The van der Waals surface area contributed by atoms with Crippen molar-refractivity contribution in [1.29, 1.82) is 0 Å². The Morgan fingerprint density at radius 2 is 2.06 bits per heavy atom. The van der Waals surface area contributed by atoms with Crippen LogP contribution in [-0.4, -0.2) is 42.9 Å². The highest BCUT2D eigenvalue weighted by molar-refractivity contribution is 5.79. The molecule has 0 bridgehead atoms. The number of hydrogen-bond donors (Lipinski definition) is 0. The van der Waals surface area contributed by atoms with Crippen LogP contribution in [0.1, 0.15) is 39.0 Å². The van der Waals surface area contributed by atoms with E-state index in [1.807, 2.05) is 4.90 Å². The Morgan fingerprint density at radius 1 is 1.28 bits per heavy atom. The number of ether oxygens (including phenoxy) is 2. The van der Waals surface area contributed by atoms with Crippen LogP contribution >= 0.6 is 0 Å². The van der Waals surface area contributed by atoms with E-state index in [1.165, 1.54) is 12.8 Å². The van der Waals surface area contributed by atoms with Gasteiger partial charge in [0.2, 0.25) is 5.91 Å². The maximum atomic E-state index is 12.5. The van der Waals surface area contributed by atoms with Crippen LogP contribution in [0.5, 0.6) is 0 Å². The van der Waals surface area contributed by atoms with Crippen molar-refractivity contribution >= 4 is 5.91 Å². The van der Waals surface area contributed by atoms with Gasteiger partial charge in [-0.05, 0) is 18.8 Å². The van der Waals surface area contributed by atoms with Gasteiger partial charge < -0.3 is 14.4 Å². The molecule has 3 rings (SSSR count). The molecule has 0 aromatic carbocycles. The largest absolute Gasteiger partial charge is 0.346 e. The fourth-order valence-electron chi connectivity index (χ4n) is 3.59. The third kappa shape index (κ3) is 2.28. The number of carbonyl (C=O) groups excluding carboxylic acids is 1. The number of rotatable bonds is 1. The lowest BCUT2D eigenvalue weighted by atomic mass is 9.82. The number of amides is 1. The van der Waals surface area contributed by atoms with E-state index in [9.17, 15) is 4.79 Å². The average molecular weight is 253 g/mol. The van der Waals surface area contributed by atoms with Crippen molar-refractivity contribution in [2.24, 2.45) is 11.8 Å². The molecule has 1 saturated carbocycles. The van der Waals surface area contributed by atoms with Crippen molar-refractivity contribution in [2.45, 2.75) is 44.8 Å². The highest BCUT2D eigenvalue weighted by atomic mass is 16.7. The molecule has 3 fully saturated rings. The normalized spacial score (nSPS) is 35.3. The zero-order chi connectivity index (χ0) is 12.6. The Hall–Kier alpha value is -0.610. The lowest BCUT2D eigenvalue weighted by Gasteiger charge is -2.30. The first-order valence-corrected chi connectivity index (χ1v) is 7.25. The van der Waals surface area contributed by atoms with Gasteiger partial charge in [-0.1, -0.05) is 19.8 Å².